The zero-order chi connectivity index (χ0) is 23.3. The number of unbranched alkanes of at least 4 members (excludes halogenated alkanes) is 1. The minimum Gasteiger partial charge on any atom is -0.481 e. The van der Waals surface area contributed by atoms with Crippen LogP contribution >= 0.6 is 12.6 Å². The number of nitrogens with two attached hydrogens (primary N) is 2. The van der Waals surface area contributed by atoms with Gasteiger partial charge in [-0.2, -0.15) is 12.6 Å². The molecule has 0 aromatic carbocycles. The summed E-state index contributed by atoms with van der Waals surface area (Å²) in [6, 6.07) is -3.16. The number of aliphatic carboxylic acids is 2. The van der Waals surface area contributed by atoms with Gasteiger partial charge in [0.25, 0.3) is 0 Å². The molecular weight excluding hydrogens is 416 g/mol. The molecule has 0 aliphatic rings. The van der Waals surface area contributed by atoms with E-state index in [0.29, 0.717) is 19.4 Å². The second-order valence-corrected chi connectivity index (χ2v) is 7.38. The Morgan fingerprint density at radius 1 is 0.967 bits per heavy atom. The Hall–Kier alpha value is -2.18. The Morgan fingerprint density at radius 3 is 2.03 bits per heavy atom. The Labute approximate surface area is 180 Å². The number of carbonyl (C=O) groups excluding carboxylic acids is 3. The van der Waals surface area contributed by atoms with Gasteiger partial charge in [-0.15, -0.1) is 0 Å². The molecule has 0 aromatic heterocycles. The molecule has 172 valence electrons. The van der Waals surface area contributed by atoms with Crippen molar-refractivity contribution in [3.8, 4) is 0 Å². The maximum absolute atomic E-state index is 12.6. The molecule has 0 spiro atoms. The van der Waals surface area contributed by atoms with Crippen LogP contribution in [0.3, 0.4) is 0 Å². The maximum atomic E-state index is 12.6. The Kier molecular flexibility index (Phi) is 13.7. The summed E-state index contributed by atoms with van der Waals surface area (Å²) >= 11 is 4.07. The quantitative estimate of drug-likeness (QED) is 0.113. The first-order valence-corrected chi connectivity index (χ1v) is 10.3. The normalized spacial score (nSPS) is 14.8. The highest BCUT2D eigenvalue weighted by Gasteiger charge is 2.30. The largest absolute Gasteiger partial charge is 0.481 e. The van der Waals surface area contributed by atoms with E-state index in [1.807, 2.05) is 0 Å². The van der Waals surface area contributed by atoms with Crippen molar-refractivity contribution in [1.82, 2.24) is 10.6 Å². The molecule has 12 heteroatoms. The molecule has 0 saturated carbocycles. The fourth-order valence-corrected chi connectivity index (χ4v) is 2.84. The molecule has 0 rings (SSSR count). The van der Waals surface area contributed by atoms with Crippen molar-refractivity contribution in [3.63, 3.8) is 0 Å². The molecule has 2 amide bonds. The van der Waals surface area contributed by atoms with Gasteiger partial charge in [-0.1, -0.05) is 0 Å². The third kappa shape index (κ3) is 11.1. The highest BCUT2D eigenvalue weighted by Crippen LogP contribution is 2.13. The number of hydrogen-bond donors (Lipinski definition) is 7. The average Bonchev–Trinajstić information content (AvgIpc) is 2.67. The fourth-order valence-electron chi connectivity index (χ4n) is 2.55. The van der Waals surface area contributed by atoms with E-state index in [0.717, 1.165) is 0 Å². The Bertz CT molecular complexity index is 615. The summed E-state index contributed by atoms with van der Waals surface area (Å²) in [5.41, 5.74) is 10.9. The monoisotopic (exact) mass is 448 g/mol. The number of hydrogen-bond acceptors (Lipinski definition) is 8. The third-order valence-electron chi connectivity index (χ3n) is 4.37. The van der Waals surface area contributed by atoms with E-state index in [9.17, 15) is 29.1 Å². The Balaban J connectivity index is 5.12. The van der Waals surface area contributed by atoms with Crippen LogP contribution < -0.4 is 22.1 Å². The number of Topliss-reactive ketones (excluding diaryl/α,β-unsaturated/α-hetero) is 1. The van der Waals surface area contributed by atoms with Crippen LogP contribution in [0.5, 0.6) is 0 Å². The van der Waals surface area contributed by atoms with Gasteiger partial charge in [0.05, 0.1) is 18.0 Å². The lowest BCUT2D eigenvalue weighted by Crippen LogP contribution is -2.49. The Morgan fingerprint density at radius 2 is 1.57 bits per heavy atom. The molecule has 4 atom stereocenters. The number of carbonyl (C=O) groups is 5. The minimum atomic E-state index is -1.20. The first-order chi connectivity index (χ1) is 14.0. The second-order valence-electron chi connectivity index (χ2n) is 7.02. The van der Waals surface area contributed by atoms with Crippen molar-refractivity contribution in [2.24, 2.45) is 17.4 Å². The lowest BCUT2D eigenvalue weighted by molar-refractivity contribution is -0.142. The van der Waals surface area contributed by atoms with E-state index in [2.05, 4.69) is 23.3 Å². The molecular formula is C18H32N4O7S. The third-order valence-corrected chi connectivity index (χ3v) is 4.81. The van der Waals surface area contributed by atoms with Gasteiger partial charge < -0.3 is 32.3 Å². The van der Waals surface area contributed by atoms with Crippen molar-refractivity contribution >= 4 is 42.2 Å². The number of carboxylic acids is 2. The van der Waals surface area contributed by atoms with Gasteiger partial charge in [-0.3, -0.25) is 19.2 Å². The van der Waals surface area contributed by atoms with Crippen LogP contribution in [0.1, 0.15) is 45.4 Å². The topological polar surface area (TPSA) is 202 Å². The number of ketones is 1. The average molecular weight is 449 g/mol. The van der Waals surface area contributed by atoms with E-state index >= 15 is 0 Å². The van der Waals surface area contributed by atoms with Gasteiger partial charge >= 0.3 is 11.9 Å². The molecule has 11 nitrogen and oxygen atoms in total. The zero-order valence-corrected chi connectivity index (χ0v) is 17.9. The highest BCUT2D eigenvalue weighted by molar-refractivity contribution is 7.80. The van der Waals surface area contributed by atoms with E-state index in [4.69, 9.17) is 16.6 Å². The molecule has 30 heavy (non-hydrogen) atoms. The van der Waals surface area contributed by atoms with Crippen LogP contribution in [0.4, 0.5) is 0 Å². The molecule has 0 bridgehead atoms. The van der Waals surface area contributed by atoms with E-state index in [1.54, 1.807) is 0 Å². The summed E-state index contributed by atoms with van der Waals surface area (Å²) < 4.78 is 0. The summed E-state index contributed by atoms with van der Waals surface area (Å²) in [4.78, 5) is 59.1. The number of rotatable bonds is 16. The van der Waals surface area contributed by atoms with Crippen molar-refractivity contribution < 1.29 is 34.2 Å². The van der Waals surface area contributed by atoms with Gasteiger partial charge in [0.15, 0.2) is 5.78 Å². The molecule has 4 unspecified atom stereocenters. The number of thiol groups is 1. The van der Waals surface area contributed by atoms with E-state index < -0.39 is 53.6 Å². The summed E-state index contributed by atoms with van der Waals surface area (Å²) in [7, 11) is 0. The van der Waals surface area contributed by atoms with Crippen LogP contribution in [0.15, 0.2) is 0 Å². The van der Waals surface area contributed by atoms with Crippen molar-refractivity contribution in [1.29, 1.82) is 0 Å². The smallest absolute Gasteiger partial charge is 0.326 e. The van der Waals surface area contributed by atoms with Crippen molar-refractivity contribution in [2.45, 2.75) is 63.6 Å². The van der Waals surface area contributed by atoms with Crippen LogP contribution in [0.25, 0.3) is 0 Å². The fraction of sp³-hybridized carbons (Fsp3) is 0.722. The van der Waals surface area contributed by atoms with Crippen molar-refractivity contribution in [3.05, 3.63) is 0 Å². The number of carboxylic acid groups (broad SMARTS) is 2. The molecule has 0 aliphatic heterocycles. The molecule has 0 heterocycles. The van der Waals surface area contributed by atoms with Crippen LogP contribution in [-0.4, -0.2) is 70.2 Å². The standard InChI is InChI=1S/C18H32N4O7S/c1-10(20)16(26)21-12(5-6-15(24)25)14(23)8-11(9-30)17(27)22-13(18(28)29)4-2-3-7-19/h10-13,30H,2-9,19-20H2,1H3,(H,21,26)(H,22,27)(H,24,25)(H,28,29). The van der Waals surface area contributed by atoms with E-state index in [1.165, 1.54) is 6.92 Å². The second kappa shape index (κ2) is 14.7. The summed E-state index contributed by atoms with van der Waals surface area (Å²) in [5, 5.41) is 22.9. The van der Waals surface area contributed by atoms with Gasteiger partial charge in [0.2, 0.25) is 11.8 Å². The molecule has 0 saturated heterocycles. The molecule has 8 N–H and O–H groups in total. The predicted octanol–water partition coefficient (Wildman–Crippen LogP) is -1.11. The zero-order valence-electron chi connectivity index (χ0n) is 17.0. The molecule has 0 aromatic rings. The van der Waals surface area contributed by atoms with E-state index in [-0.39, 0.29) is 31.4 Å². The first-order valence-electron chi connectivity index (χ1n) is 9.68. The minimum absolute atomic E-state index is 0.0421. The predicted molar refractivity (Wildman–Crippen MR) is 112 cm³/mol. The molecule has 0 aliphatic carbocycles. The van der Waals surface area contributed by atoms with Crippen LogP contribution in [0, 0.1) is 5.92 Å². The summed E-state index contributed by atoms with van der Waals surface area (Å²) in [6.45, 7) is 1.81. The summed E-state index contributed by atoms with van der Waals surface area (Å²) in [6.07, 6.45) is 0.447. The van der Waals surface area contributed by atoms with Gasteiger partial charge in [0.1, 0.15) is 6.04 Å². The highest BCUT2D eigenvalue weighted by atomic mass is 32.1. The van der Waals surface area contributed by atoms with Gasteiger partial charge in [-0.05, 0) is 39.2 Å². The number of amides is 2. The first kappa shape index (κ1) is 27.8. The van der Waals surface area contributed by atoms with Crippen molar-refractivity contribution in [2.75, 3.05) is 12.3 Å². The lowest BCUT2D eigenvalue weighted by atomic mass is 9.95. The molecule has 0 radical (unpaired) electrons. The van der Waals surface area contributed by atoms with Crippen LogP contribution in [0.2, 0.25) is 0 Å². The maximum Gasteiger partial charge on any atom is 0.326 e. The van der Waals surface area contributed by atoms with Gasteiger partial charge in [0, 0.05) is 18.6 Å². The SMILES string of the molecule is CC(N)C(=O)NC(CCC(=O)O)C(=O)CC(CS)C(=O)NC(CCCCN)C(=O)O. The van der Waals surface area contributed by atoms with Gasteiger partial charge in [-0.25, -0.2) is 4.79 Å². The lowest BCUT2D eigenvalue weighted by Gasteiger charge is -2.22. The van der Waals surface area contributed by atoms with Crippen LogP contribution in [-0.2, 0) is 24.0 Å². The summed E-state index contributed by atoms with van der Waals surface area (Å²) in [5.74, 6) is -5.18. The number of nitrogens with one attached hydrogen (secondary N) is 2. The molecule has 0 fully saturated rings.